The van der Waals surface area contributed by atoms with Crippen molar-refractivity contribution in [2.45, 2.75) is 25.4 Å². The zero-order valence-electron chi connectivity index (χ0n) is 13.4. The van der Waals surface area contributed by atoms with Crippen molar-refractivity contribution < 1.29 is 9.90 Å². The lowest BCUT2D eigenvalue weighted by molar-refractivity contribution is -0.139. The number of halogens is 1. The molecule has 0 aliphatic carbocycles. The molecule has 1 fully saturated rings. The Labute approximate surface area is 147 Å². The van der Waals surface area contributed by atoms with Gasteiger partial charge in [0.05, 0.1) is 19.1 Å². The molecule has 0 unspecified atom stereocenters. The predicted octanol–water partition coefficient (Wildman–Crippen LogP) is 3.09. The maximum absolute atomic E-state index is 12.2. The molecule has 2 aromatic carbocycles. The van der Waals surface area contributed by atoms with Gasteiger partial charge in [-0.15, -0.1) is 0 Å². The highest BCUT2D eigenvalue weighted by molar-refractivity contribution is 6.30. The summed E-state index contributed by atoms with van der Waals surface area (Å²) >= 11 is 5.88. The van der Waals surface area contributed by atoms with Crippen molar-refractivity contribution in [3.8, 4) is 0 Å². The van der Waals surface area contributed by atoms with E-state index >= 15 is 0 Å². The Kier molecular flexibility index (Phi) is 5.38. The Bertz CT molecular complexity index is 684. The summed E-state index contributed by atoms with van der Waals surface area (Å²) in [4.78, 5) is 13.9. The van der Waals surface area contributed by atoms with Gasteiger partial charge in [-0.2, -0.15) is 0 Å². The van der Waals surface area contributed by atoms with Crippen molar-refractivity contribution >= 4 is 23.2 Å². The number of aliphatic hydroxyl groups is 1. The molecule has 4 nitrogen and oxygen atoms in total. The third kappa shape index (κ3) is 4.08. The van der Waals surface area contributed by atoms with Crippen molar-refractivity contribution in [2.75, 3.05) is 18.5 Å². The summed E-state index contributed by atoms with van der Waals surface area (Å²) in [5.74, 6) is 0.0853. The summed E-state index contributed by atoms with van der Waals surface area (Å²) in [6, 6.07) is 15.7. The number of nitrogens with one attached hydrogen (secondary N) is 1. The molecule has 5 heteroatoms. The molecule has 3 rings (SSSR count). The van der Waals surface area contributed by atoms with Crippen LogP contribution in [0.4, 0.5) is 5.69 Å². The van der Waals surface area contributed by atoms with Gasteiger partial charge < -0.3 is 15.3 Å². The summed E-state index contributed by atoms with van der Waals surface area (Å²) in [6.45, 7) is 1.53. The van der Waals surface area contributed by atoms with Crippen LogP contribution in [0.15, 0.2) is 48.5 Å². The van der Waals surface area contributed by atoms with Gasteiger partial charge in [-0.05, 0) is 41.8 Å². The van der Waals surface area contributed by atoms with Crippen LogP contribution in [-0.4, -0.2) is 35.1 Å². The van der Waals surface area contributed by atoms with Gasteiger partial charge in [0, 0.05) is 23.8 Å². The maximum Gasteiger partial charge on any atom is 0.227 e. The topological polar surface area (TPSA) is 52.6 Å². The molecule has 1 atom stereocenters. The highest BCUT2D eigenvalue weighted by Crippen LogP contribution is 2.19. The smallest absolute Gasteiger partial charge is 0.227 e. The number of anilines is 1. The Balaban J connectivity index is 1.51. The van der Waals surface area contributed by atoms with Crippen LogP contribution in [-0.2, 0) is 17.8 Å². The van der Waals surface area contributed by atoms with Crippen LogP contribution >= 0.6 is 11.6 Å². The Morgan fingerprint density at radius 1 is 1.12 bits per heavy atom. The first-order chi connectivity index (χ1) is 11.7. The lowest BCUT2D eigenvalue weighted by Crippen LogP contribution is -2.53. The molecule has 0 saturated carbocycles. The molecule has 0 spiro atoms. The lowest BCUT2D eigenvalue weighted by Gasteiger charge is -2.40. The van der Waals surface area contributed by atoms with E-state index in [0.29, 0.717) is 6.42 Å². The fourth-order valence-corrected chi connectivity index (χ4v) is 2.91. The second-order valence-corrected chi connectivity index (χ2v) is 6.50. The Hall–Kier alpha value is -2.04. The number of carbonyl (C=O) groups is 1. The van der Waals surface area contributed by atoms with Crippen molar-refractivity contribution in [1.82, 2.24) is 4.90 Å². The fraction of sp³-hybridized carbons (Fsp3) is 0.316. The molecular formula is C19H21ClN2O2. The van der Waals surface area contributed by atoms with E-state index in [-0.39, 0.29) is 18.6 Å². The van der Waals surface area contributed by atoms with E-state index in [9.17, 15) is 4.79 Å². The molecule has 1 amide bonds. The molecule has 2 aromatic rings. The SMILES string of the molecule is O=C(Cc1ccc(NCc2ccc(Cl)cc2)cc1)N1CC[C@@H]1CO. The summed E-state index contributed by atoms with van der Waals surface area (Å²) in [6.07, 6.45) is 1.28. The van der Waals surface area contributed by atoms with Gasteiger partial charge in [-0.25, -0.2) is 0 Å². The van der Waals surface area contributed by atoms with Crippen LogP contribution in [0.3, 0.4) is 0 Å². The highest BCUT2D eigenvalue weighted by Gasteiger charge is 2.30. The minimum atomic E-state index is 0.0119. The maximum atomic E-state index is 12.2. The molecule has 1 heterocycles. The van der Waals surface area contributed by atoms with Gasteiger partial charge in [0.25, 0.3) is 0 Å². The molecule has 0 aromatic heterocycles. The number of hydrogen-bond donors (Lipinski definition) is 2. The number of aliphatic hydroxyl groups excluding tert-OH is 1. The van der Waals surface area contributed by atoms with Crippen LogP contribution in [0.25, 0.3) is 0 Å². The van der Waals surface area contributed by atoms with E-state index in [1.165, 1.54) is 0 Å². The van der Waals surface area contributed by atoms with Crippen LogP contribution in [0, 0.1) is 0 Å². The number of benzene rings is 2. The van der Waals surface area contributed by atoms with Gasteiger partial charge in [0.2, 0.25) is 5.91 Å². The van der Waals surface area contributed by atoms with Gasteiger partial charge in [-0.3, -0.25) is 4.79 Å². The molecule has 1 aliphatic heterocycles. The average molecular weight is 345 g/mol. The summed E-state index contributed by atoms with van der Waals surface area (Å²) in [5, 5.41) is 13.3. The number of carbonyl (C=O) groups excluding carboxylic acids is 1. The van der Waals surface area contributed by atoms with E-state index in [1.807, 2.05) is 48.5 Å². The zero-order chi connectivity index (χ0) is 16.9. The first kappa shape index (κ1) is 16.8. The third-order valence-corrected chi connectivity index (χ3v) is 4.65. The number of likely N-dealkylation sites (tertiary alicyclic amines) is 1. The van der Waals surface area contributed by atoms with Crippen LogP contribution in [0.2, 0.25) is 5.02 Å². The van der Waals surface area contributed by atoms with Gasteiger partial charge in [-0.1, -0.05) is 35.9 Å². The standard InChI is InChI=1S/C19H21ClN2O2/c20-16-5-1-15(2-6-16)12-21-17-7-3-14(4-8-17)11-19(24)22-10-9-18(22)13-23/h1-8,18,21,23H,9-13H2/t18-/m1/s1. The molecule has 0 bridgehead atoms. The quantitative estimate of drug-likeness (QED) is 0.846. The van der Waals surface area contributed by atoms with E-state index in [2.05, 4.69) is 5.32 Å². The molecule has 2 N–H and O–H groups in total. The van der Waals surface area contributed by atoms with Gasteiger partial charge >= 0.3 is 0 Å². The molecule has 24 heavy (non-hydrogen) atoms. The van der Waals surface area contributed by atoms with Gasteiger partial charge in [0.1, 0.15) is 0 Å². The number of hydrogen-bond acceptors (Lipinski definition) is 3. The first-order valence-corrected chi connectivity index (χ1v) is 8.51. The van der Waals surface area contributed by atoms with Crippen LogP contribution < -0.4 is 5.32 Å². The van der Waals surface area contributed by atoms with Crippen molar-refractivity contribution in [2.24, 2.45) is 0 Å². The second kappa shape index (κ2) is 7.69. The largest absolute Gasteiger partial charge is 0.394 e. The minimum Gasteiger partial charge on any atom is -0.394 e. The molecule has 126 valence electrons. The minimum absolute atomic E-state index is 0.0119. The zero-order valence-corrected chi connectivity index (χ0v) is 14.2. The fourth-order valence-electron chi connectivity index (χ4n) is 2.78. The predicted molar refractivity (Wildman–Crippen MR) is 96.1 cm³/mol. The van der Waals surface area contributed by atoms with Gasteiger partial charge in [0.15, 0.2) is 0 Å². The third-order valence-electron chi connectivity index (χ3n) is 4.39. The second-order valence-electron chi connectivity index (χ2n) is 6.07. The summed E-state index contributed by atoms with van der Waals surface area (Å²) < 4.78 is 0. The number of amides is 1. The lowest BCUT2D eigenvalue weighted by atomic mass is 10.0. The number of nitrogens with zero attached hydrogens (tertiary/aromatic N) is 1. The van der Waals surface area contributed by atoms with Crippen LogP contribution in [0.5, 0.6) is 0 Å². The first-order valence-electron chi connectivity index (χ1n) is 8.13. The Morgan fingerprint density at radius 2 is 1.79 bits per heavy atom. The van der Waals surface area contributed by atoms with Crippen molar-refractivity contribution in [3.63, 3.8) is 0 Å². The normalized spacial score (nSPS) is 16.6. The summed E-state index contributed by atoms with van der Waals surface area (Å²) in [5.41, 5.74) is 3.16. The number of rotatable bonds is 6. The van der Waals surface area contributed by atoms with E-state index in [0.717, 1.165) is 41.3 Å². The van der Waals surface area contributed by atoms with E-state index in [4.69, 9.17) is 16.7 Å². The molecule has 0 radical (unpaired) electrons. The Morgan fingerprint density at radius 3 is 2.38 bits per heavy atom. The van der Waals surface area contributed by atoms with Crippen molar-refractivity contribution in [3.05, 3.63) is 64.7 Å². The molecule has 1 aliphatic rings. The van der Waals surface area contributed by atoms with Crippen LogP contribution in [0.1, 0.15) is 17.5 Å². The van der Waals surface area contributed by atoms with Crippen molar-refractivity contribution in [1.29, 1.82) is 0 Å². The average Bonchev–Trinajstić information content (AvgIpc) is 2.55. The van der Waals surface area contributed by atoms with E-state index < -0.39 is 0 Å². The molecular weight excluding hydrogens is 324 g/mol. The monoisotopic (exact) mass is 344 g/mol. The highest BCUT2D eigenvalue weighted by atomic mass is 35.5. The van der Waals surface area contributed by atoms with E-state index in [1.54, 1.807) is 4.90 Å². The summed E-state index contributed by atoms with van der Waals surface area (Å²) in [7, 11) is 0. The molecule has 1 saturated heterocycles.